The lowest BCUT2D eigenvalue weighted by Gasteiger charge is -2.29. The van der Waals surface area contributed by atoms with E-state index in [1.54, 1.807) is 0 Å². The molecule has 2 N–H and O–H groups in total. The minimum Gasteiger partial charge on any atom is -0.356 e. The number of H-pyrrole nitrogens is 1. The Kier molecular flexibility index (Phi) is 4.62. The van der Waals surface area contributed by atoms with Gasteiger partial charge in [0, 0.05) is 29.8 Å². The average molecular weight is 395 g/mol. The lowest BCUT2D eigenvalue weighted by atomic mass is 9.76. The van der Waals surface area contributed by atoms with Crippen LogP contribution in [0.2, 0.25) is 0 Å². The fourth-order valence-electron chi connectivity index (χ4n) is 4.36. The average Bonchev–Trinajstić information content (AvgIpc) is 3.11. The summed E-state index contributed by atoms with van der Waals surface area (Å²) in [6.07, 6.45) is 8.86. The maximum atomic E-state index is 4.61. The predicted octanol–water partition coefficient (Wildman–Crippen LogP) is 6.40. The Morgan fingerprint density at radius 2 is 1.67 bits per heavy atom. The number of aromatic nitrogens is 3. The van der Waals surface area contributed by atoms with E-state index in [1.807, 2.05) is 24.7 Å². The van der Waals surface area contributed by atoms with Gasteiger partial charge in [-0.2, -0.15) is 0 Å². The number of rotatable bonds is 4. The Labute approximate surface area is 177 Å². The zero-order valence-electron chi connectivity index (χ0n) is 17.4. The number of benzene rings is 1. The van der Waals surface area contributed by atoms with E-state index in [1.165, 1.54) is 23.2 Å². The van der Waals surface area contributed by atoms with E-state index in [9.17, 15) is 0 Å². The van der Waals surface area contributed by atoms with Gasteiger partial charge in [0.1, 0.15) is 5.82 Å². The van der Waals surface area contributed by atoms with Gasteiger partial charge in [0.2, 0.25) is 0 Å². The van der Waals surface area contributed by atoms with Crippen molar-refractivity contribution < 1.29 is 0 Å². The Balaban J connectivity index is 1.57. The van der Waals surface area contributed by atoms with Crippen molar-refractivity contribution in [3.8, 4) is 22.4 Å². The number of hydrogen-bond donors (Lipinski definition) is 2. The second-order valence-corrected chi connectivity index (χ2v) is 8.83. The molecule has 0 atom stereocenters. The highest BCUT2D eigenvalue weighted by Crippen LogP contribution is 2.43. The van der Waals surface area contributed by atoms with E-state index in [0.29, 0.717) is 5.41 Å². The molecule has 3 aromatic heterocycles. The van der Waals surface area contributed by atoms with Crippen molar-refractivity contribution in [1.29, 1.82) is 0 Å². The maximum absolute atomic E-state index is 4.61. The van der Waals surface area contributed by atoms with Gasteiger partial charge in [-0.15, -0.1) is 0 Å². The van der Waals surface area contributed by atoms with Crippen molar-refractivity contribution in [2.24, 2.45) is 5.41 Å². The van der Waals surface area contributed by atoms with Gasteiger partial charge in [-0.1, -0.05) is 44.2 Å². The molecule has 0 fully saturated rings. The molecule has 4 aromatic rings. The van der Waals surface area contributed by atoms with E-state index in [2.05, 4.69) is 82.6 Å². The first-order valence-corrected chi connectivity index (χ1v) is 10.5. The van der Waals surface area contributed by atoms with Crippen LogP contribution in [0.3, 0.4) is 0 Å². The van der Waals surface area contributed by atoms with Gasteiger partial charge in [-0.3, -0.25) is 4.98 Å². The Morgan fingerprint density at radius 1 is 0.900 bits per heavy atom. The van der Waals surface area contributed by atoms with Gasteiger partial charge >= 0.3 is 0 Å². The molecule has 150 valence electrons. The molecule has 0 saturated carbocycles. The Morgan fingerprint density at radius 3 is 2.47 bits per heavy atom. The van der Waals surface area contributed by atoms with Crippen LogP contribution in [-0.4, -0.2) is 15.0 Å². The summed E-state index contributed by atoms with van der Waals surface area (Å²) in [7, 11) is 0. The molecule has 5 rings (SSSR count). The SMILES string of the molecule is CC1(C)CCc2c([nH]c(-c3ccncc3)c2Nc2cc(-c3ccccc3)ccn2)C1. The summed E-state index contributed by atoms with van der Waals surface area (Å²) in [5.41, 5.74) is 8.78. The van der Waals surface area contributed by atoms with Crippen LogP contribution in [0.1, 0.15) is 31.5 Å². The molecule has 1 aliphatic carbocycles. The summed E-state index contributed by atoms with van der Waals surface area (Å²) in [5.74, 6) is 0.860. The quantitative estimate of drug-likeness (QED) is 0.421. The predicted molar refractivity (Wildman–Crippen MR) is 123 cm³/mol. The molecular weight excluding hydrogens is 368 g/mol. The van der Waals surface area contributed by atoms with Crippen LogP contribution in [0.15, 0.2) is 73.2 Å². The lowest BCUT2D eigenvalue weighted by molar-refractivity contribution is 0.313. The number of hydrogen-bond acceptors (Lipinski definition) is 3. The Bertz CT molecular complexity index is 1160. The number of anilines is 2. The largest absolute Gasteiger partial charge is 0.356 e. The van der Waals surface area contributed by atoms with Gasteiger partial charge < -0.3 is 10.3 Å². The zero-order valence-corrected chi connectivity index (χ0v) is 17.4. The summed E-state index contributed by atoms with van der Waals surface area (Å²) in [6, 6.07) is 18.7. The molecule has 3 heterocycles. The molecule has 4 heteroatoms. The van der Waals surface area contributed by atoms with Crippen molar-refractivity contribution in [2.75, 3.05) is 5.32 Å². The molecule has 0 amide bonds. The second-order valence-electron chi connectivity index (χ2n) is 8.83. The van der Waals surface area contributed by atoms with E-state index in [4.69, 9.17) is 0 Å². The molecule has 1 aliphatic rings. The number of fused-ring (bicyclic) bond motifs is 1. The van der Waals surface area contributed by atoms with Gasteiger partial charge in [0.15, 0.2) is 0 Å². The van der Waals surface area contributed by atoms with E-state index in [-0.39, 0.29) is 0 Å². The molecule has 30 heavy (non-hydrogen) atoms. The lowest BCUT2D eigenvalue weighted by Crippen LogP contribution is -2.22. The minimum absolute atomic E-state index is 0.316. The summed E-state index contributed by atoms with van der Waals surface area (Å²) < 4.78 is 0. The van der Waals surface area contributed by atoms with Gasteiger partial charge in [0.05, 0.1) is 11.4 Å². The molecule has 0 bridgehead atoms. The fraction of sp³-hybridized carbons (Fsp3) is 0.231. The number of pyridine rings is 2. The van der Waals surface area contributed by atoms with Crippen molar-refractivity contribution in [1.82, 2.24) is 15.0 Å². The monoisotopic (exact) mass is 394 g/mol. The first-order chi connectivity index (χ1) is 14.6. The third-order valence-electron chi connectivity index (χ3n) is 5.99. The van der Waals surface area contributed by atoms with Crippen molar-refractivity contribution in [2.45, 2.75) is 33.1 Å². The third kappa shape index (κ3) is 3.61. The van der Waals surface area contributed by atoms with Crippen LogP contribution in [0.4, 0.5) is 11.5 Å². The Hall–Kier alpha value is -3.40. The van der Waals surface area contributed by atoms with Gasteiger partial charge in [-0.25, -0.2) is 4.98 Å². The number of aromatic amines is 1. The fourth-order valence-corrected chi connectivity index (χ4v) is 4.36. The van der Waals surface area contributed by atoms with Crippen LogP contribution in [0.25, 0.3) is 22.4 Å². The van der Waals surface area contributed by atoms with Crippen molar-refractivity contribution >= 4 is 11.5 Å². The smallest absolute Gasteiger partial charge is 0.130 e. The van der Waals surface area contributed by atoms with Crippen LogP contribution < -0.4 is 5.32 Å². The number of nitrogens with one attached hydrogen (secondary N) is 2. The molecular formula is C26H26N4. The highest BCUT2D eigenvalue weighted by Gasteiger charge is 2.30. The third-order valence-corrected chi connectivity index (χ3v) is 5.99. The molecule has 4 nitrogen and oxygen atoms in total. The van der Waals surface area contributed by atoms with Crippen LogP contribution in [-0.2, 0) is 12.8 Å². The second kappa shape index (κ2) is 7.45. The van der Waals surface area contributed by atoms with Crippen LogP contribution in [0, 0.1) is 5.41 Å². The summed E-state index contributed by atoms with van der Waals surface area (Å²) >= 11 is 0. The van der Waals surface area contributed by atoms with Gasteiger partial charge in [0.25, 0.3) is 0 Å². The topological polar surface area (TPSA) is 53.6 Å². The normalized spacial score (nSPS) is 14.9. The summed E-state index contributed by atoms with van der Waals surface area (Å²) in [4.78, 5) is 12.5. The van der Waals surface area contributed by atoms with E-state index in [0.717, 1.165) is 41.2 Å². The summed E-state index contributed by atoms with van der Waals surface area (Å²) in [6.45, 7) is 4.70. The molecule has 0 radical (unpaired) electrons. The highest BCUT2D eigenvalue weighted by molar-refractivity contribution is 5.82. The van der Waals surface area contributed by atoms with Crippen LogP contribution in [0.5, 0.6) is 0 Å². The highest BCUT2D eigenvalue weighted by atomic mass is 15.0. The van der Waals surface area contributed by atoms with Crippen LogP contribution >= 0.6 is 0 Å². The van der Waals surface area contributed by atoms with Gasteiger partial charge in [-0.05, 0) is 65.6 Å². The van der Waals surface area contributed by atoms with E-state index < -0.39 is 0 Å². The van der Waals surface area contributed by atoms with E-state index >= 15 is 0 Å². The first-order valence-electron chi connectivity index (χ1n) is 10.5. The standard InChI is InChI=1S/C26H26N4/c1-26(2)12-8-21-22(17-26)29-24(19-9-13-27-14-10-19)25(21)30-23-16-20(11-15-28-23)18-6-4-3-5-7-18/h3-7,9-11,13-16,29H,8,12,17H2,1-2H3,(H,28,30). The van der Waals surface area contributed by atoms with Crippen molar-refractivity contribution in [3.05, 3.63) is 84.4 Å². The molecule has 0 unspecified atom stereocenters. The van der Waals surface area contributed by atoms with Crippen molar-refractivity contribution in [3.63, 3.8) is 0 Å². The first kappa shape index (κ1) is 18.6. The molecule has 0 saturated heterocycles. The molecule has 1 aromatic carbocycles. The molecule has 0 aliphatic heterocycles. The summed E-state index contributed by atoms with van der Waals surface area (Å²) in [5, 5.41) is 3.65. The zero-order chi connectivity index (χ0) is 20.6. The molecule has 0 spiro atoms. The number of nitrogens with zero attached hydrogens (tertiary/aromatic N) is 2. The maximum Gasteiger partial charge on any atom is 0.130 e. The minimum atomic E-state index is 0.316.